The minimum atomic E-state index is -0.134. The first-order valence-electron chi connectivity index (χ1n) is 12.5. The molecule has 5 aromatic rings. The molecule has 5 rings (SSSR count). The molecule has 0 aliphatic carbocycles. The Morgan fingerprint density at radius 3 is 2.08 bits per heavy atom. The predicted molar refractivity (Wildman–Crippen MR) is 147 cm³/mol. The summed E-state index contributed by atoms with van der Waals surface area (Å²) in [5.41, 5.74) is 3.38. The van der Waals surface area contributed by atoms with Crippen LogP contribution in [0.15, 0.2) is 77.6 Å². The predicted octanol–water partition coefficient (Wildman–Crippen LogP) is 3.79. The van der Waals surface area contributed by atoms with Crippen LogP contribution in [0.5, 0.6) is 17.2 Å². The van der Waals surface area contributed by atoms with Gasteiger partial charge in [-0.15, -0.1) is 5.10 Å². The van der Waals surface area contributed by atoms with Crippen molar-refractivity contribution in [3.8, 4) is 17.2 Å². The van der Waals surface area contributed by atoms with Crippen LogP contribution in [0.2, 0.25) is 0 Å². The van der Waals surface area contributed by atoms with Crippen molar-refractivity contribution in [3.05, 3.63) is 106 Å². The van der Waals surface area contributed by atoms with Gasteiger partial charge >= 0.3 is 0 Å². The Bertz CT molecular complexity index is 1600. The van der Waals surface area contributed by atoms with Gasteiger partial charge in [-0.05, 0) is 70.1 Å². The fraction of sp³-hybridized carbons (Fsp3) is 0.241. The van der Waals surface area contributed by atoms with E-state index in [9.17, 15) is 4.79 Å². The number of fused-ring (bicyclic) bond motifs is 1. The summed E-state index contributed by atoms with van der Waals surface area (Å²) in [5.74, 6) is 3.00. The van der Waals surface area contributed by atoms with E-state index in [2.05, 4.69) is 25.4 Å². The average molecular weight is 527 g/mol. The Hall–Kier alpha value is -4.70. The smallest absolute Gasteiger partial charge is 0.252 e. The molecule has 3 aromatic carbocycles. The number of hydrogen-bond acceptors (Lipinski definition) is 8. The van der Waals surface area contributed by atoms with Crippen molar-refractivity contribution in [2.75, 3.05) is 21.3 Å². The summed E-state index contributed by atoms with van der Waals surface area (Å²) in [6.45, 7) is 1.92. The second-order valence-electron chi connectivity index (χ2n) is 9.17. The second-order valence-corrected chi connectivity index (χ2v) is 9.17. The number of benzene rings is 3. The van der Waals surface area contributed by atoms with Crippen molar-refractivity contribution < 1.29 is 14.2 Å². The molecule has 0 unspecified atom stereocenters. The molecule has 0 spiro atoms. The lowest BCUT2D eigenvalue weighted by atomic mass is 10.1. The largest absolute Gasteiger partial charge is 0.497 e. The third-order valence-electron chi connectivity index (χ3n) is 6.55. The molecule has 10 nitrogen and oxygen atoms in total. The Kier molecular flexibility index (Phi) is 7.83. The third kappa shape index (κ3) is 6.24. The quantitative estimate of drug-likeness (QED) is 0.277. The third-order valence-corrected chi connectivity index (χ3v) is 6.55. The van der Waals surface area contributed by atoms with Gasteiger partial charge in [-0.25, -0.2) is 4.68 Å². The lowest BCUT2D eigenvalue weighted by Crippen LogP contribution is -2.28. The molecule has 2 aromatic heterocycles. The highest BCUT2D eigenvalue weighted by molar-refractivity contribution is 5.80. The van der Waals surface area contributed by atoms with Gasteiger partial charge in [0.25, 0.3) is 5.56 Å². The first-order valence-corrected chi connectivity index (χ1v) is 12.5. The van der Waals surface area contributed by atoms with Gasteiger partial charge in [-0.1, -0.05) is 24.3 Å². The minimum absolute atomic E-state index is 0.134. The van der Waals surface area contributed by atoms with Crippen LogP contribution in [-0.4, -0.2) is 51.4 Å². The molecule has 0 aliphatic rings. The van der Waals surface area contributed by atoms with Gasteiger partial charge in [-0.2, -0.15) is 0 Å². The Labute approximate surface area is 225 Å². The fourth-order valence-corrected chi connectivity index (χ4v) is 4.44. The number of tetrazole rings is 1. The molecular weight excluding hydrogens is 496 g/mol. The van der Waals surface area contributed by atoms with Gasteiger partial charge < -0.3 is 19.2 Å². The molecule has 200 valence electrons. The van der Waals surface area contributed by atoms with Gasteiger partial charge in [0.15, 0.2) is 5.82 Å². The lowest BCUT2D eigenvalue weighted by molar-refractivity contribution is 0.236. The zero-order chi connectivity index (χ0) is 27.2. The average Bonchev–Trinajstić information content (AvgIpc) is 3.40. The molecule has 0 radical (unpaired) electrons. The molecular formula is C29H30N6O4. The molecule has 1 N–H and O–H groups in total. The minimum Gasteiger partial charge on any atom is -0.497 e. The van der Waals surface area contributed by atoms with Gasteiger partial charge in [0.05, 0.1) is 34.4 Å². The zero-order valence-electron chi connectivity index (χ0n) is 22.1. The topological polar surface area (TPSA) is 107 Å². The Morgan fingerprint density at radius 2 is 1.41 bits per heavy atom. The molecule has 0 bridgehead atoms. The van der Waals surface area contributed by atoms with E-state index < -0.39 is 0 Å². The van der Waals surface area contributed by atoms with E-state index >= 15 is 0 Å². The van der Waals surface area contributed by atoms with Crippen LogP contribution in [0, 0.1) is 0 Å². The highest BCUT2D eigenvalue weighted by atomic mass is 16.5. The highest BCUT2D eigenvalue weighted by Crippen LogP contribution is 2.21. The van der Waals surface area contributed by atoms with E-state index in [1.807, 2.05) is 72.8 Å². The van der Waals surface area contributed by atoms with Gasteiger partial charge in [0.1, 0.15) is 17.2 Å². The molecule has 0 saturated carbocycles. The molecule has 0 aliphatic heterocycles. The van der Waals surface area contributed by atoms with Crippen LogP contribution in [0.3, 0.4) is 0 Å². The maximum atomic E-state index is 13.0. The maximum Gasteiger partial charge on any atom is 0.252 e. The van der Waals surface area contributed by atoms with Crippen molar-refractivity contribution >= 4 is 10.9 Å². The van der Waals surface area contributed by atoms with Crippen LogP contribution >= 0.6 is 0 Å². The molecule has 0 saturated heterocycles. The van der Waals surface area contributed by atoms with Crippen LogP contribution in [0.25, 0.3) is 10.9 Å². The summed E-state index contributed by atoms with van der Waals surface area (Å²) in [7, 11) is 4.91. The van der Waals surface area contributed by atoms with E-state index in [0.29, 0.717) is 37.6 Å². The van der Waals surface area contributed by atoms with Crippen molar-refractivity contribution in [1.29, 1.82) is 0 Å². The van der Waals surface area contributed by atoms with Crippen molar-refractivity contribution in [2.24, 2.45) is 0 Å². The Balaban J connectivity index is 1.43. The number of ether oxygens (including phenoxy) is 3. The lowest BCUT2D eigenvalue weighted by Gasteiger charge is -2.22. The zero-order valence-corrected chi connectivity index (χ0v) is 22.1. The molecule has 39 heavy (non-hydrogen) atoms. The highest BCUT2D eigenvalue weighted by Gasteiger charge is 2.16. The van der Waals surface area contributed by atoms with Crippen LogP contribution in [0.1, 0.15) is 22.5 Å². The number of nitrogens with zero attached hydrogens (tertiary/aromatic N) is 5. The van der Waals surface area contributed by atoms with E-state index in [1.54, 1.807) is 26.0 Å². The number of rotatable bonds is 11. The molecule has 0 fully saturated rings. The monoisotopic (exact) mass is 526 g/mol. The summed E-state index contributed by atoms with van der Waals surface area (Å²) in [6.07, 6.45) is 0. The number of pyridine rings is 1. The maximum absolute atomic E-state index is 13.0. The summed E-state index contributed by atoms with van der Waals surface area (Å²) >= 11 is 0. The first kappa shape index (κ1) is 25.9. The Morgan fingerprint density at radius 1 is 0.769 bits per heavy atom. The fourth-order valence-electron chi connectivity index (χ4n) is 4.44. The molecule has 10 heteroatoms. The molecule has 2 heterocycles. The van der Waals surface area contributed by atoms with E-state index in [1.165, 1.54) is 0 Å². The number of methoxy groups -OCH3 is 3. The van der Waals surface area contributed by atoms with Gasteiger partial charge in [0.2, 0.25) is 0 Å². The van der Waals surface area contributed by atoms with E-state index in [-0.39, 0.29) is 5.56 Å². The van der Waals surface area contributed by atoms with Crippen molar-refractivity contribution in [2.45, 2.75) is 26.2 Å². The molecule has 0 atom stereocenters. The first-order chi connectivity index (χ1) is 19.0. The second kappa shape index (κ2) is 11.8. The summed E-state index contributed by atoms with van der Waals surface area (Å²) in [6, 6.07) is 23.2. The van der Waals surface area contributed by atoms with Gasteiger partial charge in [0, 0.05) is 29.6 Å². The normalized spacial score (nSPS) is 11.2. The van der Waals surface area contributed by atoms with Crippen molar-refractivity contribution in [1.82, 2.24) is 30.1 Å². The SMILES string of the molecule is COc1ccc(CN(Cc2cc3cc(OC)ccc3[nH]c2=O)Cc2nnnn2Cc2ccc(OC)cc2)cc1. The standard InChI is InChI=1S/C29H30N6O4/c1-37-24-8-4-20(5-9-24)16-34(18-23-14-22-15-26(39-3)12-13-27(22)30-29(23)36)19-28-31-32-33-35(28)17-21-6-10-25(38-2)11-7-21/h4-15H,16-19H2,1-3H3,(H,30,36). The number of hydrogen-bond donors (Lipinski definition) is 1. The van der Waals surface area contributed by atoms with Crippen LogP contribution in [-0.2, 0) is 26.2 Å². The van der Waals surface area contributed by atoms with Gasteiger partial charge in [-0.3, -0.25) is 9.69 Å². The van der Waals surface area contributed by atoms with Crippen molar-refractivity contribution in [3.63, 3.8) is 0 Å². The van der Waals surface area contributed by atoms with Crippen LogP contribution in [0.4, 0.5) is 0 Å². The summed E-state index contributed by atoms with van der Waals surface area (Å²) in [4.78, 5) is 18.2. The molecule has 0 amide bonds. The summed E-state index contributed by atoms with van der Waals surface area (Å²) < 4.78 is 17.7. The number of aromatic amines is 1. The van der Waals surface area contributed by atoms with E-state index in [0.717, 1.165) is 39.3 Å². The summed E-state index contributed by atoms with van der Waals surface area (Å²) in [5, 5.41) is 13.4. The number of aromatic nitrogens is 5. The van der Waals surface area contributed by atoms with E-state index in [4.69, 9.17) is 14.2 Å². The van der Waals surface area contributed by atoms with Crippen LogP contribution < -0.4 is 19.8 Å². The number of nitrogens with one attached hydrogen (secondary N) is 1. The number of H-pyrrole nitrogens is 1.